The van der Waals surface area contributed by atoms with Gasteiger partial charge in [-0.15, -0.1) is 0 Å². The zero-order valence-corrected chi connectivity index (χ0v) is 13.7. The Balaban J connectivity index is 1.94. The lowest BCUT2D eigenvalue weighted by atomic mass is 10.2. The minimum absolute atomic E-state index is 0.0140. The second-order valence-electron chi connectivity index (χ2n) is 4.93. The molecule has 2 N–H and O–H groups in total. The van der Waals surface area contributed by atoms with Gasteiger partial charge in [-0.25, -0.2) is 9.59 Å². The van der Waals surface area contributed by atoms with Crippen molar-refractivity contribution < 1.29 is 29.2 Å². The standard InChI is InChI=1S/C16H11ClN2O7/c17-13-6-3-10(7-12(13)15(21)22)18-14(20)8-26-16(23)9-1-4-11(5-2-9)19(24)25/h1-7H,8H2,(H,18,20)(H,21,22). The number of nitrogens with zero attached hydrogens (tertiary/aromatic N) is 1. The number of aromatic carboxylic acids is 1. The third-order valence-corrected chi connectivity index (χ3v) is 3.46. The molecule has 0 heterocycles. The zero-order valence-electron chi connectivity index (χ0n) is 13.0. The first kappa shape index (κ1) is 18.9. The Hall–Kier alpha value is -3.46. The maximum absolute atomic E-state index is 11.8. The van der Waals surface area contributed by atoms with E-state index in [0.29, 0.717) is 0 Å². The van der Waals surface area contributed by atoms with Gasteiger partial charge in [-0.1, -0.05) is 11.6 Å². The van der Waals surface area contributed by atoms with Crippen LogP contribution in [0.3, 0.4) is 0 Å². The number of carboxylic acid groups (broad SMARTS) is 1. The number of anilines is 1. The highest BCUT2D eigenvalue weighted by Crippen LogP contribution is 2.20. The van der Waals surface area contributed by atoms with Gasteiger partial charge in [0.2, 0.25) is 0 Å². The normalized spacial score (nSPS) is 10.0. The van der Waals surface area contributed by atoms with Crippen LogP contribution in [0.1, 0.15) is 20.7 Å². The molecule has 26 heavy (non-hydrogen) atoms. The molecule has 1 amide bonds. The van der Waals surface area contributed by atoms with Crippen LogP contribution < -0.4 is 5.32 Å². The second-order valence-corrected chi connectivity index (χ2v) is 5.34. The molecule has 2 aromatic rings. The van der Waals surface area contributed by atoms with E-state index in [0.717, 1.165) is 12.1 Å². The predicted octanol–water partition coefficient (Wildman–Crippen LogP) is 2.74. The molecule has 0 aliphatic rings. The van der Waals surface area contributed by atoms with Gasteiger partial charge in [-0.3, -0.25) is 14.9 Å². The van der Waals surface area contributed by atoms with Crippen molar-refractivity contribution in [2.45, 2.75) is 0 Å². The molecular weight excluding hydrogens is 368 g/mol. The van der Waals surface area contributed by atoms with Crippen molar-refractivity contribution in [1.82, 2.24) is 0 Å². The number of benzene rings is 2. The Morgan fingerprint density at radius 1 is 1.15 bits per heavy atom. The van der Waals surface area contributed by atoms with E-state index in [2.05, 4.69) is 5.32 Å². The number of amides is 1. The van der Waals surface area contributed by atoms with Gasteiger partial charge in [-0.2, -0.15) is 0 Å². The topological polar surface area (TPSA) is 136 Å². The Morgan fingerprint density at radius 3 is 2.38 bits per heavy atom. The number of ether oxygens (including phenoxy) is 1. The van der Waals surface area contributed by atoms with Gasteiger partial charge in [0, 0.05) is 17.8 Å². The van der Waals surface area contributed by atoms with Gasteiger partial charge < -0.3 is 15.2 Å². The van der Waals surface area contributed by atoms with Gasteiger partial charge in [0.25, 0.3) is 11.6 Å². The average molecular weight is 379 g/mol. The van der Waals surface area contributed by atoms with Crippen molar-refractivity contribution in [3.05, 3.63) is 68.7 Å². The molecule has 0 spiro atoms. The Kier molecular flexibility index (Phi) is 5.86. The number of carboxylic acids is 1. The summed E-state index contributed by atoms with van der Waals surface area (Å²) in [7, 11) is 0. The van der Waals surface area contributed by atoms with Gasteiger partial charge in [0.15, 0.2) is 6.61 Å². The fraction of sp³-hybridized carbons (Fsp3) is 0.0625. The van der Waals surface area contributed by atoms with Crippen molar-refractivity contribution in [3.8, 4) is 0 Å². The average Bonchev–Trinajstić information content (AvgIpc) is 2.61. The predicted molar refractivity (Wildman–Crippen MR) is 90.4 cm³/mol. The molecule has 0 radical (unpaired) electrons. The molecule has 0 bridgehead atoms. The van der Waals surface area contributed by atoms with E-state index in [9.17, 15) is 24.5 Å². The van der Waals surface area contributed by atoms with Crippen LogP contribution in [-0.4, -0.2) is 34.5 Å². The molecule has 134 valence electrons. The lowest BCUT2D eigenvalue weighted by Gasteiger charge is -2.08. The number of hydrogen-bond donors (Lipinski definition) is 2. The highest BCUT2D eigenvalue weighted by atomic mass is 35.5. The number of carbonyl (C=O) groups excluding carboxylic acids is 2. The first-order chi connectivity index (χ1) is 12.3. The van der Waals surface area contributed by atoms with Crippen LogP contribution in [0.25, 0.3) is 0 Å². The number of halogens is 1. The van der Waals surface area contributed by atoms with Gasteiger partial charge in [-0.05, 0) is 30.3 Å². The van der Waals surface area contributed by atoms with Crippen LogP contribution in [0.4, 0.5) is 11.4 Å². The fourth-order valence-corrected chi connectivity index (χ4v) is 2.10. The number of rotatable bonds is 6. The van der Waals surface area contributed by atoms with Crippen LogP contribution in [0.2, 0.25) is 5.02 Å². The molecule has 10 heteroatoms. The Bertz CT molecular complexity index is 881. The highest BCUT2D eigenvalue weighted by Gasteiger charge is 2.14. The van der Waals surface area contributed by atoms with Crippen molar-refractivity contribution >= 4 is 40.8 Å². The summed E-state index contributed by atoms with van der Waals surface area (Å²) in [5.41, 5.74) is -0.158. The fourth-order valence-electron chi connectivity index (χ4n) is 1.90. The van der Waals surface area contributed by atoms with Crippen LogP contribution in [0.15, 0.2) is 42.5 Å². The maximum atomic E-state index is 11.8. The number of non-ortho nitro benzene ring substituents is 1. The lowest BCUT2D eigenvalue weighted by Crippen LogP contribution is -2.21. The highest BCUT2D eigenvalue weighted by molar-refractivity contribution is 6.33. The number of esters is 1. The molecule has 2 rings (SSSR count). The van der Waals surface area contributed by atoms with Crippen LogP contribution in [0.5, 0.6) is 0 Å². The summed E-state index contributed by atoms with van der Waals surface area (Å²) in [5.74, 6) is -2.79. The van der Waals surface area contributed by atoms with Crippen molar-refractivity contribution in [2.75, 3.05) is 11.9 Å². The first-order valence-corrected chi connectivity index (χ1v) is 7.40. The number of hydrogen-bond acceptors (Lipinski definition) is 6. The molecule has 2 aromatic carbocycles. The third kappa shape index (κ3) is 4.77. The van der Waals surface area contributed by atoms with Crippen molar-refractivity contribution in [3.63, 3.8) is 0 Å². The van der Waals surface area contributed by atoms with E-state index in [1.807, 2.05) is 0 Å². The molecule has 0 atom stereocenters. The smallest absolute Gasteiger partial charge is 0.338 e. The van der Waals surface area contributed by atoms with Gasteiger partial charge >= 0.3 is 11.9 Å². The molecule has 0 saturated carbocycles. The summed E-state index contributed by atoms with van der Waals surface area (Å²) in [6, 6.07) is 8.55. The van der Waals surface area contributed by atoms with E-state index < -0.39 is 29.4 Å². The van der Waals surface area contributed by atoms with E-state index >= 15 is 0 Å². The summed E-state index contributed by atoms with van der Waals surface area (Å²) in [5, 5.41) is 21.9. The summed E-state index contributed by atoms with van der Waals surface area (Å²) >= 11 is 5.72. The molecule has 0 aliphatic carbocycles. The number of carbonyl (C=O) groups is 3. The molecule has 0 fully saturated rings. The van der Waals surface area contributed by atoms with E-state index in [-0.39, 0.29) is 27.5 Å². The van der Waals surface area contributed by atoms with E-state index in [1.54, 1.807) is 0 Å². The Morgan fingerprint density at radius 2 is 1.81 bits per heavy atom. The van der Waals surface area contributed by atoms with Crippen LogP contribution >= 0.6 is 11.6 Å². The molecule has 9 nitrogen and oxygen atoms in total. The van der Waals surface area contributed by atoms with Crippen molar-refractivity contribution in [1.29, 1.82) is 0 Å². The quantitative estimate of drug-likeness (QED) is 0.448. The summed E-state index contributed by atoms with van der Waals surface area (Å²) in [6.45, 7) is -0.624. The second kappa shape index (κ2) is 8.08. The number of nitro groups is 1. The summed E-state index contributed by atoms with van der Waals surface area (Å²) < 4.78 is 4.80. The maximum Gasteiger partial charge on any atom is 0.338 e. The van der Waals surface area contributed by atoms with E-state index in [4.69, 9.17) is 21.4 Å². The molecule has 0 aromatic heterocycles. The van der Waals surface area contributed by atoms with Gasteiger partial charge in [0.1, 0.15) is 0 Å². The minimum Gasteiger partial charge on any atom is -0.478 e. The van der Waals surface area contributed by atoms with Crippen LogP contribution in [-0.2, 0) is 9.53 Å². The zero-order chi connectivity index (χ0) is 19.3. The van der Waals surface area contributed by atoms with E-state index in [1.165, 1.54) is 30.3 Å². The SMILES string of the molecule is O=C(COC(=O)c1ccc([N+](=O)[O-])cc1)Nc1ccc(Cl)c(C(=O)O)c1. The largest absolute Gasteiger partial charge is 0.478 e. The molecule has 0 aliphatic heterocycles. The van der Waals surface area contributed by atoms with Crippen LogP contribution in [0, 0.1) is 10.1 Å². The summed E-state index contributed by atoms with van der Waals surface area (Å²) in [4.78, 5) is 44.5. The first-order valence-electron chi connectivity index (χ1n) is 7.02. The van der Waals surface area contributed by atoms with Crippen molar-refractivity contribution in [2.24, 2.45) is 0 Å². The molecule has 0 saturated heterocycles. The Labute approximate surface area is 151 Å². The molecular formula is C16H11ClN2O7. The minimum atomic E-state index is -1.25. The summed E-state index contributed by atoms with van der Waals surface area (Å²) in [6.07, 6.45) is 0. The monoisotopic (exact) mass is 378 g/mol. The lowest BCUT2D eigenvalue weighted by molar-refractivity contribution is -0.384. The molecule has 0 unspecified atom stereocenters. The number of nitrogens with one attached hydrogen (secondary N) is 1. The number of nitro benzene ring substituents is 1. The third-order valence-electron chi connectivity index (χ3n) is 3.13. The van der Waals surface area contributed by atoms with Gasteiger partial charge in [0.05, 0.1) is 21.1 Å².